The fourth-order valence-electron chi connectivity index (χ4n) is 2.82. The third kappa shape index (κ3) is 10.6. The molecule has 0 saturated carbocycles. The van der Waals surface area contributed by atoms with E-state index in [0.717, 1.165) is 45.4 Å². The van der Waals surface area contributed by atoms with Gasteiger partial charge in [-0.1, -0.05) is 19.8 Å². The number of nitrogens with zero attached hydrogens (tertiary/aromatic N) is 3. The number of piperazine rings is 1. The molecule has 160 valence electrons. The zero-order valence-corrected chi connectivity index (χ0v) is 18.4. The minimum absolute atomic E-state index is 0. The highest BCUT2D eigenvalue weighted by Crippen LogP contribution is 2.08. The molecule has 27 heavy (non-hydrogen) atoms. The van der Waals surface area contributed by atoms with E-state index in [-0.39, 0.29) is 36.8 Å². The monoisotopic (exact) mass is 407 g/mol. The standard InChI is InChI=1S/C19H37N3O4.ClH/c1-6-7-8-9-21(18(23)25-16(2)3)13-10-20-11-14-22(15-12-20)19(24)26-17(4)5;/h16-17H,6-15H2,1-5H3;1H. The predicted molar refractivity (Wildman–Crippen MR) is 110 cm³/mol. The molecule has 1 fully saturated rings. The van der Waals surface area contributed by atoms with E-state index in [1.807, 2.05) is 32.6 Å². The van der Waals surface area contributed by atoms with Gasteiger partial charge in [0.1, 0.15) is 0 Å². The van der Waals surface area contributed by atoms with Crippen LogP contribution in [-0.4, -0.2) is 84.9 Å². The zero-order chi connectivity index (χ0) is 19.5. The van der Waals surface area contributed by atoms with Gasteiger partial charge in [0, 0.05) is 45.8 Å². The highest BCUT2D eigenvalue weighted by Gasteiger charge is 2.24. The van der Waals surface area contributed by atoms with Crippen molar-refractivity contribution in [1.82, 2.24) is 14.7 Å². The first kappa shape index (κ1) is 25.8. The van der Waals surface area contributed by atoms with Crippen LogP contribution in [0.25, 0.3) is 0 Å². The Bertz CT molecular complexity index is 427. The normalized spacial score (nSPS) is 14.9. The van der Waals surface area contributed by atoms with Crippen molar-refractivity contribution in [2.45, 2.75) is 66.1 Å². The molecule has 0 N–H and O–H groups in total. The number of rotatable bonds is 9. The van der Waals surface area contributed by atoms with Crippen LogP contribution in [0, 0.1) is 0 Å². The van der Waals surface area contributed by atoms with Gasteiger partial charge >= 0.3 is 12.2 Å². The molecule has 0 aromatic rings. The molecule has 1 saturated heterocycles. The topological polar surface area (TPSA) is 62.3 Å². The first-order chi connectivity index (χ1) is 12.3. The third-order valence-electron chi connectivity index (χ3n) is 4.28. The lowest BCUT2D eigenvalue weighted by atomic mass is 10.2. The minimum Gasteiger partial charge on any atom is -0.447 e. The van der Waals surface area contributed by atoms with Crippen molar-refractivity contribution in [1.29, 1.82) is 0 Å². The molecule has 0 unspecified atom stereocenters. The average molecular weight is 408 g/mol. The number of ether oxygens (including phenoxy) is 2. The summed E-state index contributed by atoms with van der Waals surface area (Å²) in [6, 6.07) is 0. The van der Waals surface area contributed by atoms with Crippen LogP contribution in [0.4, 0.5) is 9.59 Å². The van der Waals surface area contributed by atoms with Gasteiger partial charge in [-0.15, -0.1) is 12.4 Å². The molecule has 1 heterocycles. The van der Waals surface area contributed by atoms with Crippen LogP contribution < -0.4 is 0 Å². The van der Waals surface area contributed by atoms with Gasteiger partial charge in [-0.3, -0.25) is 4.90 Å². The molecule has 8 heteroatoms. The van der Waals surface area contributed by atoms with Crippen LogP contribution in [0.3, 0.4) is 0 Å². The van der Waals surface area contributed by atoms with E-state index in [0.29, 0.717) is 19.6 Å². The fraction of sp³-hybridized carbons (Fsp3) is 0.895. The minimum atomic E-state index is -0.235. The maximum absolute atomic E-state index is 12.3. The Morgan fingerprint density at radius 3 is 2.04 bits per heavy atom. The molecule has 0 radical (unpaired) electrons. The molecular formula is C19H38ClN3O4. The van der Waals surface area contributed by atoms with Gasteiger partial charge in [-0.25, -0.2) is 9.59 Å². The number of carbonyl (C=O) groups is 2. The first-order valence-electron chi connectivity index (χ1n) is 9.97. The van der Waals surface area contributed by atoms with Gasteiger partial charge in [0.25, 0.3) is 0 Å². The van der Waals surface area contributed by atoms with E-state index in [2.05, 4.69) is 11.8 Å². The Hall–Kier alpha value is -1.21. The zero-order valence-electron chi connectivity index (χ0n) is 17.6. The molecule has 1 aliphatic heterocycles. The molecule has 1 rings (SSSR count). The highest BCUT2D eigenvalue weighted by atomic mass is 35.5. The molecule has 7 nitrogen and oxygen atoms in total. The number of hydrogen-bond acceptors (Lipinski definition) is 5. The maximum atomic E-state index is 12.3. The molecule has 1 aliphatic rings. The lowest BCUT2D eigenvalue weighted by Gasteiger charge is -2.35. The van der Waals surface area contributed by atoms with Crippen LogP contribution in [0.1, 0.15) is 53.9 Å². The molecule has 0 aromatic carbocycles. The lowest BCUT2D eigenvalue weighted by Crippen LogP contribution is -2.51. The molecule has 0 spiro atoms. The highest BCUT2D eigenvalue weighted by molar-refractivity contribution is 5.85. The predicted octanol–water partition coefficient (Wildman–Crippen LogP) is 3.61. The SMILES string of the molecule is CCCCCN(CCN1CCN(C(=O)OC(C)C)CC1)C(=O)OC(C)C.Cl. The van der Waals surface area contributed by atoms with Gasteiger partial charge in [0.05, 0.1) is 12.2 Å². The van der Waals surface area contributed by atoms with Gasteiger partial charge in [-0.05, 0) is 34.1 Å². The van der Waals surface area contributed by atoms with E-state index in [1.165, 1.54) is 0 Å². The van der Waals surface area contributed by atoms with Crippen LogP contribution in [-0.2, 0) is 9.47 Å². The van der Waals surface area contributed by atoms with Gasteiger partial charge in [0.15, 0.2) is 0 Å². The Morgan fingerprint density at radius 2 is 1.52 bits per heavy atom. The molecule has 0 atom stereocenters. The first-order valence-corrected chi connectivity index (χ1v) is 9.97. The number of unbranched alkanes of at least 4 members (excludes halogenated alkanes) is 2. The van der Waals surface area contributed by atoms with Crippen molar-refractivity contribution in [2.75, 3.05) is 45.8 Å². The summed E-state index contributed by atoms with van der Waals surface area (Å²) in [5, 5.41) is 0. The average Bonchev–Trinajstić information content (AvgIpc) is 2.57. The van der Waals surface area contributed by atoms with E-state index < -0.39 is 0 Å². The largest absolute Gasteiger partial charge is 0.447 e. The van der Waals surface area contributed by atoms with E-state index >= 15 is 0 Å². The quantitative estimate of drug-likeness (QED) is 0.546. The molecule has 0 bridgehead atoms. The van der Waals surface area contributed by atoms with Crippen molar-refractivity contribution in [3.63, 3.8) is 0 Å². The summed E-state index contributed by atoms with van der Waals surface area (Å²) in [4.78, 5) is 30.1. The Kier molecular flexibility index (Phi) is 13.3. The van der Waals surface area contributed by atoms with Crippen LogP contribution >= 0.6 is 12.4 Å². The second-order valence-corrected chi connectivity index (χ2v) is 7.39. The van der Waals surface area contributed by atoms with Crippen LogP contribution in [0.5, 0.6) is 0 Å². The number of amides is 2. The lowest BCUT2D eigenvalue weighted by molar-refractivity contribution is 0.0519. The summed E-state index contributed by atoms with van der Waals surface area (Å²) in [5.74, 6) is 0. The van der Waals surface area contributed by atoms with Gasteiger partial charge < -0.3 is 19.3 Å². The van der Waals surface area contributed by atoms with Crippen molar-refractivity contribution >= 4 is 24.6 Å². The summed E-state index contributed by atoms with van der Waals surface area (Å²) in [6.07, 6.45) is 2.58. The van der Waals surface area contributed by atoms with Gasteiger partial charge in [-0.2, -0.15) is 0 Å². The van der Waals surface area contributed by atoms with E-state index in [9.17, 15) is 9.59 Å². The summed E-state index contributed by atoms with van der Waals surface area (Å²) < 4.78 is 10.6. The van der Waals surface area contributed by atoms with Crippen molar-refractivity contribution in [3.8, 4) is 0 Å². The van der Waals surface area contributed by atoms with Crippen LogP contribution in [0.15, 0.2) is 0 Å². The summed E-state index contributed by atoms with van der Waals surface area (Å²) in [7, 11) is 0. The van der Waals surface area contributed by atoms with Crippen molar-refractivity contribution < 1.29 is 19.1 Å². The number of hydrogen-bond donors (Lipinski definition) is 0. The van der Waals surface area contributed by atoms with E-state index in [1.54, 1.807) is 4.90 Å². The Balaban J connectivity index is 0.00000676. The summed E-state index contributed by atoms with van der Waals surface area (Å²) >= 11 is 0. The Morgan fingerprint density at radius 1 is 0.926 bits per heavy atom. The second-order valence-electron chi connectivity index (χ2n) is 7.39. The summed E-state index contributed by atoms with van der Waals surface area (Å²) in [6.45, 7) is 14.7. The smallest absolute Gasteiger partial charge is 0.410 e. The second kappa shape index (κ2) is 13.9. The van der Waals surface area contributed by atoms with E-state index in [4.69, 9.17) is 9.47 Å². The van der Waals surface area contributed by atoms with Crippen LogP contribution in [0.2, 0.25) is 0 Å². The fourth-order valence-corrected chi connectivity index (χ4v) is 2.82. The third-order valence-corrected chi connectivity index (χ3v) is 4.28. The number of halogens is 1. The molecular weight excluding hydrogens is 370 g/mol. The molecule has 0 aromatic heterocycles. The molecule has 2 amide bonds. The number of carbonyl (C=O) groups excluding carboxylic acids is 2. The molecule has 0 aliphatic carbocycles. The Labute approximate surface area is 170 Å². The van der Waals surface area contributed by atoms with Crippen molar-refractivity contribution in [3.05, 3.63) is 0 Å². The maximum Gasteiger partial charge on any atom is 0.410 e. The van der Waals surface area contributed by atoms with Gasteiger partial charge in [0.2, 0.25) is 0 Å². The summed E-state index contributed by atoms with van der Waals surface area (Å²) in [5.41, 5.74) is 0. The van der Waals surface area contributed by atoms with Crippen molar-refractivity contribution in [2.24, 2.45) is 0 Å².